The summed E-state index contributed by atoms with van der Waals surface area (Å²) in [5.74, 6) is 0. The Bertz CT molecular complexity index is 557. The second-order valence-electron chi connectivity index (χ2n) is 3.74. The Morgan fingerprint density at radius 2 is 2.00 bits per heavy atom. The maximum atomic E-state index is 11.1. The number of H-pyrrole nitrogens is 1. The van der Waals surface area contributed by atoms with Gasteiger partial charge in [-0.2, -0.15) is 0 Å². The van der Waals surface area contributed by atoms with Crippen LogP contribution in [0.25, 0.3) is 11.0 Å². The Balaban J connectivity index is 2.39. The molecule has 0 spiro atoms. The van der Waals surface area contributed by atoms with E-state index < -0.39 is 0 Å². The van der Waals surface area contributed by atoms with Gasteiger partial charge in [-0.3, -0.25) is 4.79 Å². The van der Waals surface area contributed by atoms with E-state index >= 15 is 0 Å². The highest BCUT2D eigenvalue weighted by Crippen LogP contribution is 2.24. The van der Waals surface area contributed by atoms with Crippen molar-refractivity contribution in [3.63, 3.8) is 0 Å². The van der Waals surface area contributed by atoms with E-state index in [2.05, 4.69) is 22.1 Å². The lowest BCUT2D eigenvalue weighted by Crippen LogP contribution is -2.05. The van der Waals surface area contributed by atoms with Crippen molar-refractivity contribution in [1.82, 2.24) is 9.97 Å². The number of aryl methyl sites for hydroxylation is 2. The lowest BCUT2D eigenvalue weighted by Gasteiger charge is -2.01. The molecule has 0 aliphatic heterocycles. The molecule has 70 valence electrons. The molecule has 1 aliphatic carbocycles. The summed E-state index contributed by atoms with van der Waals surface area (Å²) in [5.41, 5.74) is 4.37. The van der Waals surface area contributed by atoms with Gasteiger partial charge in [0.15, 0.2) is 0 Å². The van der Waals surface area contributed by atoms with Crippen molar-refractivity contribution < 1.29 is 0 Å². The Morgan fingerprint density at radius 1 is 1.21 bits per heavy atom. The van der Waals surface area contributed by atoms with Crippen LogP contribution in [0.4, 0.5) is 0 Å². The number of aromatic amines is 1. The van der Waals surface area contributed by atoms with Gasteiger partial charge in [0.05, 0.1) is 17.2 Å². The third-order valence-corrected chi connectivity index (χ3v) is 2.79. The van der Waals surface area contributed by atoms with Crippen molar-refractivity contribution in [2.45, 2.75) is 19.3 Å². The normalized spacial score (nSPS) is 14.6. The van der Waals surface area contributed by atoms with Crippen molar-refractivity contribution in [3.05, 3.63) is 39.8 Å². The smallest absolute Gasteiger partial charge is 0.266 e. The fourth-order valence-corrected chi connectivity index (χ4v) is 2.11. The quantitative estimate of drug-likeness (QED) is 0.676. The Morgan fingerprint density at radius 3 is 2.86 bits per heavy atom. The van der Waals surface area contributed by atoms with Crippen molar-refractivity contribution in [1.29, 1.82) is 0 Å². The van der Waals surface area contributed by atoms with Gasteiger partial charge >= 0.3 is 0 Å². The SMILES string of the molecule is O=c1cnc2cc3c(cc2[nH]1)CCC3. The van der Waals surface area contributed by atoms with E-state index in [1.165, 1.54) is 23.7 Å². The number of fused-ring (bicyclic) bond motifs is 2. The molecule has 0 atom stereocenters. The molecule has 1 heterocycles. The van der Waals surface area contributed by atoms with E-state index in [9.17, 15) is 4.79 Å². The van der Waals surface area contributed by atoms with Gasteiger partial charge < -0.3 is 4.98 Å². The zero-order chi connectivity index (χ0) is 9.54. The lowest BCUT2D eigenvalue weighted by atomic mass is 10.1. The van der Waals surface area contributed by atoms with Gasteiger partial charge in [0.25, 0.3) is 5.56 Å². The summed E-state index contributed by atoms with van der Waals surface area (Å²) in [5, 5.41) is 0. The summed E-state index contributed by atoms with van der Waals surface area (Å²) in [7, 11) is 0. The molecule has 1 aliphatic rings. The first-order valence-corrected chi connectivity index (χ1v) is 4.84. The number of hydrogen-bond acceptors (Lipinski definition) is 2. The summed E-state index contributed by atoms with van der Waals surface area (Å²) in [6.07, 6.45) is 4.83. The third kappa shape index (κ3) is 1.05. The Labute approximate surface area is 80.8 Å². The molecule has 3 nitrogen and oxygen atoms in total. The summed E-state index contributed by atoms with van der Waals surface area (Å²) >= 11 is 0. The molecule has 0 bridgehead atoms. The topological polar surface area (TPSA) is 45.8 Å². The average molecular weight is 186 g/mol. The molecular weight excluding hydrogens is 176 g/mol. The highest BCUT2D eigenvalue weighted by molar-refractivity contribution is 5.76. The van der Waals surface area contributed by atoms with Crippen molar-refractivity contribution >= 4 is 11.0 Å². The summed E-state index contributed by atoms with van der Waals surface area (Å²) < 4.78 is 0. The van der Waals surface area contributed by atoms with Gasteiger partial charge in [0, 0.05) is 0 Å². The molecule has 0 unspecified atom stereocenters. The molecule has 3 rings (SSSR count). The number of rotatable bonds is 0. The maximum Gasteiger partial charge on any atom is 0.266 e. The van der Waals surface area contributed by atoms with Crippen LogP contribution in [-0.4, -0.2) is 9.97 Å². The zero-order valence-electron chi connectivity index (χ0n) is 7.71. The molecule has 1 aromatic carbocycles. The van der Waals surface area contributed by atoms with E-state index in [0.717, 1.165) is 23.9 Å². The van der Waals surface area contributed by atoms with Gasteiger partial charge in [-0.05, 0) is 42.5 Å². The lowest BCUT2D eigenvalue weighted by molar-refractivity contribution is 0.912. The zero-order valence-corrected chi connectivity index (χ0v) is 7.71. The van der Waals surface area contributed by atoms with Crippen LogP contribution >= 0.6 is 0 Å². The highest BCUT2D eigenvalue weighted by atomic mass is 16.1. The highest BCUT2D eigenvalue weighted by Gasteiger charge is 2.11. The van der Waals surface area contributed by atoms with E-state index in [1.807, 2.05) is 0 Å². The Kier molecular flexibility index (Phi) is 1.48. The summed E-state index contributed by atoms with van der Waals surface area (Å²) in [6, 6.07) is 4.15. The van der Waals surface area contributed by atoms with Crippen LogP contribution in [0.3, 0.4) is 0 Å². The van der Waals surface area contributed by atoms with Gasteiger partial charge in [-0.15, -0.1) is 0 Å². The van der Waals surface area contributed by atoms with Crippen LogP contribution in [0, 0.1) is 0 Å². The van der Waals surface area contributed by atoms with Crippen LogP contribution < -0.4 is 5.56 Å². The van der Waals surface area contributed by atoms with Gasteiger partial charge in [0.2, 0.25) is 0 Å². The van der Waals surface area contributed by atoms with E-state index in [0.29, 0.717) is 0 Å². The molecule has 1 N–H and O–H groups in total. The molecule has 0 radical (unpaired) electrons. The molecular formula is C11H10N2O. The fourth-order valence-electron chi connectivity index (χ4n) is 2.11. The number of nitrogens with zero attached hydrogens (tertiary/aromatic N) is 1. The predicted octanol–water partition coefficient (Wildman–Crippen LogP) is 1.41. The first-order chi connectivity index (χ1) is 6.83. The summed E-state index contributed by atoms with van der Waals surface area (Å²) in [4.78, 5) is 18.0. The molecule has 0 saturated heterocycles. The van der Waals surface area contributed by atoms with Crippen molar-refractivity contribution in [3.8, 4) is 0 Å². The molecule has 1 aromatic heterocycles. The average Bonchev–Trinajstić information content (AvgIpc) is 2.61. The first-order valence-electron chi connectivity index (χ1n) is 4.84. The van der Waals surface area contributed by atoms with Crippen LogP contribution in [0.15, 0.2) is 23.1 Å². The second-order valence-corrected chi connectivity index (χ2v) is 3.74. The minimum Gasteiger partial charge on any atom is -0.319 e. The molecule has 2 aromatic rings. The van der Waals surface area contributed by atoms with Gasteiger partial charge in [-0.1, -0.05) is 0 Å². The van der Waals surface area contributed by atoms with Gasteiger partial charge in [-0.25, -0.2) is 4.98 Å². The summed E-state index contributed by atoms with van der Waals surface area (Å²) in [6.45, 7) is 0. The minimum absolute atomic E-state index is 0.129. The van der Waals surface area contributed by atoms with Gasteiger partial charge in [0.1, 0.15) is 0 Å². The molecule has 0 amide bonds. The first kappa shape index (κ1) is 7.74. The van der Waals surface area contributed by atoms with E-state index in [-0.39, 0.29) is 5.56 Å². The monoisotopic (exact) mass is 186 g/mol. The second kappa shape index (κ2) is 2.67. The number of hydrogen-bond donors (Lipinski definition) is 1. The minimum atomic E-state index is -0.129. The Hall–Kier alpha value is -1.64. The van der Waals surface area contributed by atoms with Crippen LogP contribution in [0.2, 0.25) is 0 Å². The molecule has 3 heteroatoms. The standard InChI is InChI=1S/C11H10N2O/c14-11-6-12-9-4-7-2-1-3-8(7)5-10(9)13-11/h4-6H,1-3H2,(H,13,14). The number of benzene rings is 1. The maximum absolute atomic E-state index is 11.1. The van der Waals surface area contributed by atoms with Crippen LogP contribution in [0.1, 0.15) is 17.5 Å². The van der Waals surface area contributed by atoms with Crippen molar-refractivity contribution in [2.75, 3.05) is 0 Å². The number of aromatic nitrogens is 2. The van der Waals surface area contributed by atoms with Crippen molar-refractivity contribution in [2.24, 2.45) is 0 Å². The van der Waals surface area contributed by atoms with E-state index in [4.69, 9.17) is 0 Å². The van der Waals surface area contributed by atoms with Crippen LogP contribution in [0.5, 0.6) is 0 Å². The molecule has 0 fully saturated rings. The largest absolute Gasteiger partial charge is 0.319 e. The molecule has 14 heavy (non-hydrogen) atoms. The predicted molar refractivity (Wildman–Crippen MR) is 54.4 cm³/mol. The fraction of sp³-hybridized carbons (Fsp3) is 0.273. The number of nitrogens with one attached hydrogen (secondary N) is 1. The molecule has 0 saturated carbocycles. The third-order valence-electron chi connectivity index (χ3n) is 2.79. The van der Waals surface area contributed by atoms with Crippen LogP contribution in [-0.2, 0) is 12.8 Å². The van der Waals surface area contributed by atoms with E-state index in [1.54, 1.807) is 0 Å².